The SMILES string of the molecule is COc1ccc(/C=N\NC(=O)CN2CCCc3ccccc32)cc1OC. The molecule has 0 aromatic heterocycles. The van der Waals surface area contributed by atoms with Crippen LogP contribution in [0.1, 0.15) is 17.5 Å². The van der Waals surface area contributed by atoms with Gasteiger partial charge in [-0.05, 0) is 48.2 Å². The molecule has 0 saturated heterocycles. The number of fused-ring (bicyclic) bond motifs is 1. The van der Waals surface area contributed by atoms with Crippen LogP contribution in [0.4, 0.5) is 5.69 Å². The van der Waals surface area contributed by atoms with Crippen molar-refractivity contribution < 1.29 is 14.3 Å². The number of aryl methyl sites for hydroxylation is 1. The van der Waals surface area contributed by atoms with Gasteiger partial charge >= 0.3 is 0 Å². The standard InChI is InChI=1S/C20H23N3O3/c1-25-18-10-9-15(12-19(18)26-2)13-21-22-20(24)14-23-11-5-7-16-6-3-4-8-17(16)23/h3-4,6,8-10,12-13H,5,7,11,14H2,1-2H3,(H,22,24)/b21-13-. The molecule has 1 N–H and O–H groups in total. The molecule has 0 bridgehead atoms. The van der Waals surface area contributed by atoms with Crippen LogP contribution >= 0.6 is 0 Å². The molecule has 0 spiro atoms. The Morgan fingerprint density at radius 3 is 2.81 bits per heavy atom. The molecule has 2 aromatic rings. The summed E-state index contributed by atoms with van der Waals surface area (Å²) in [7, 11) is 3.17. The maximum Gasteiger partial charge on any atom is 0.259 e. The molecule has 6 nitrogen and oxygen atoms in total. The largest absolute Gasteiger partial charge is 0.493 e. The van der Waals surface area contributed by atoms with Gasteiger partial charge in [-0.15, -0.1) is 0 Å². The monoisotopic (exact) mass is 353 g/mol. The number of hydrogen-bond acceptors (Lipinski definition) is 5. The van der Waals surface area contributed by atoms with Crippen molar-refractivity contribution in [3.8, 4) is 11.5 Å². The van der Waals surface area contributed by atoms with Gasteiger partial charge in [0, 0.05) is 12.2 Å². The van der Waals surface area contributed by atoms with Crippen LogP contribution in [-0.4, -0.2) is 39.4 Å². The van der Waals surface area contributed by atoms with Gasteiger partial charge in [-0.2, -0.15) is 5.10 Å². The van der Waals surface area contributed by atoms with Crippen molar-refractivity contribution in [2.75, 3.05) is 32.2 Å². The summed E-state index contributed by atoms with van der Waals surface area (Å²) in [6, 6.07) is 13.7. The Labute approximate surface area is 153 Å². The number of hydrazone groups is 1. The van der Waals surface area contributed by atoms with E-state index in [1.807, 2.05) is 18.2 Å². The summed E-state index contributed by atoms with van der Waals surface area (Å²) in [4.78, 5) is 14.3. The summed E-state index contributed by atoms with van der Waals surface area (Å²) in [6.07, 6.45) is 3.70. The van der Waals surface area contributed by atoms with Crippen molar-refractivity contribution >= 4 is 17.8 Å². The van der Waals surface area contributed by atoms with E-state index in [1.54, 1.807) is 32.6 Å². The molecule has 0 saturated carbocycles. The number of carbonyl (C=O) groups is 1. The minimum Gasteiger partial charge on any atom is -0.493 e. The van der Waals surface area contributed by atoms with Gasteiger partial charge in [0.1, 0.15) is 0 Å². The second-order valence-electron chi connectivity index (χ2n) is 6.06. The topological polar surface area (TPSA) is 63.2 Å². The summed E-state index contributed by atoms with van der Waals surface area (Å²) in [5.74, 6) is 1.13. The lowest BCUT2D eigenvalue weighted by atomic mass is 10.0. The molecule has 6 heteroatoms. The van der Waals surface area contributed by atoms with Gasteiger partial charge < -0.3 is 14.4 Å². The predicted octanol–water partition coefficient (Wildman–Crippen LogP) is 2.61. The molecule has 2 aromatic carbocycles. The fourth-order valence-corrected chi connectivity index (χ4v) is 3.10. The number of methoxy groups -OCH3 is 2. The zero-order valence-corrected chi connectivity index (χ0v) is 15.1. The zero-order chi connectivity index (χ0) is 18.4. The number of hydrogen-bond donors (Lipinski definition) is 1. The van der Waals surface area contributed by atoms with E-state index in [0.717, 1.165) is 30.6 Å². The van der Waals surface area contributed by atoms with E-state index in [2.05, 4.69) is 27.6 Å². The second-order valence-corrected chi connectivity index (χ2v) is 6.06. The van der Waals surface area contributed by atoms with Crippen LogP contribution in [0.25, 0.3) is 0 Å². The minimum atomic E-state index is -0.140. The third kappa shape index (κ3) is 4.14. The highest BCUT2D eigenvalue weighted by atomic mass is 16.5. The van der Waals surface area contributed by atoms with E-state index in [4.69, 9.17) is 9.47 Å². The molecule has 1 amide bonds. The van der Waals surface area contributed by atoms with Crippen molar-refractivity contribution in [3.05, 3.63) is 53.6 Å². The number of para-hydroxylation sites is 1. The molecule has 3 rings (SSSR count). The van der Waals surface area contributed by atoms with Crippen LogP contribution < -0.4 is 19.8 Å². The average Bonchev–Trinajstić information content (AvgIpc) is 2.68. The Morgan fingerprint density at radius 1 is 1.19 bits per heavy atom. The fourth-order valence-electron chi connectivity index (χ4n) is 3.10. The lowest BCUT2D eigenvalue weighted by molar-refractivity contribution is -0.119. The van der Waals surface area contributed by atoms with Gasteiger partial charge in [-0.25, -0.2) is 5.43 Å². The third-order valence-electron chi connectivity index (χ3n) is 4.35. The minimum absolute atomic E-state index is 0.140. The Hall–Kier alpha value is -3.02. The molecule has 26 heavy (non-hydrogen) atoms. The Bertz CT molecular complexity index is 805. The average molecular weight is 353 g/mol. The van der Waals surface area contributed by atoms with Gasteiger partial charge in [-0.3, -0.25) is 4.79 Å². The van der Waals surface area contributed by atoms with Crippen molar-refractivity contribution in [3.63, 3.8) is 0 Å². The predicted molar refractivity (Wildman–Crippen MR) is 102 cm³/mol. The lowest BCUT2D eigenvalue weighted by Gasteiger charge is -2.30. The number of rotatable bonds is 6. The van der Waals surface area contributed by atoms with Crippen LogP contribution in [0.15, 0.2) is 47.6 Å². The normalized spacial score (nSPS) is 13.4. The molecule has 1 heterocycles. The number of nitrogens with one attached hydrogen (secondary N) is 1. The van der Waals surface area contributed by atoms with E-state index >= 15 is 0 Å². The Balaban J connectivity index is 1.59. The molecule has 136 valence electrons. The number of carbonyl (C=O) groups excluding carboxylic acids is 1. The van der Waals surface area contributed by atoms with Crippen LogP contribution in [0.2, 0.25) is 0 Å². The van der Waals surface area contributed by atoms with E-state index in [0.29, 0.717) is 18.0 Å². The highest BCUT2D eigenvalue weighted by Crippen LogP contribution is 2.27. The summed E-state index contributed by atoms with van der Waals surface area (Å²) in [5, 5.41) is 4.05. The molecule has 0 unspecified atom stereocenters. The second kappa shape index (κ2) is 8.38. The Morgan fingerprint density at radius 2 is 2.00 bits per heavy atom. The smallest absolute Gasteiger partial charge is 0.259 e. The zero-order valence-electron chi connectivity index (χ0n) is 15.1. The van der Waals surface area contributed by atoms with Crippen LogP contribution in [0.5, 0.6) is 11.5 Å². The Kier molecular flexibility index (Phi) is 5.73. The molecular weight excluding hydrogens is 330 g/mol. The first-order valence-electron chi connectivity index (χ1n) is 8.58. The molecular formula is C20H23N3O3. The maximum absolute atomic E-state index is 12.2. The van der Waals surface area contributed by atoms with Crippen molar-refractivity contribution in [2.24, 2.45) is 5.10 Å². The summed E-state index contributed by atoms with van der Waals surface area (Å²) in [5.41, 5.74) is 5.83. The van der Waals surface area contributed by atoms with E-state index < -0.39 is 0 Å². The number of anilines is 1. The highest BCUT2D eigenvalue weighted by molar-refractivity contribution is 5.85. The first-order chi connectivity index (χ1) is 12.7. The maximum atomic E-state index is 12.2. The van der Waals surface area contributed by atoms with Crippen LogP contribution in [0.3, 0.4) is 0 Å². The van der Waals surface area contributed by atoms with Gasteiger partial charge in [-0.1, -0.05) is 18.2 Å². The van der Waals surface area contributed by atoms with Crippen molar-refractivity contribution in [2.45, 2.75) is 12.8 Å². The number of benzene rings is 2. The third-order valence-corrected chi connectivity index (χ3v) is 4.35. The lowest BCUT2D eigenvalue weighted by Crippen LogP contribution is -2.38. The molecule has 0 atom stereocenters. The van der Waals surface area contributed by atoms with E-state index in [9.17, 15) is 4.79 Å². The quantitative estimate of drug-likeness (QED) is 0.640. The van der Waals surface area contributed by atoms with Crippen molar-refractivity contribution in [1.29, 1.82) is 0 Å². The van der Waals surface area contributed by atoms with Gasteiger partial charge in [0.25, 0.3) is 5.91 Å². The first kappa shape index (κ1) is 17.8. The van der Waals surface area contributed by atoms with Gasteiger partial charge in [0.2, 0.25) is 0 Å². The summed E-state index contributed by atoms with van der Waals surface area (Å²) in [6.45, 7) is 1.17. The molecule has 0 radical (unpaired) electrons. The van der Waals surface area contributed by atoms with Gasteiger partial charge in [0.15, 0.2) is 11.5 Å². The highest BCUT2D eigenvalue weighted by Gasteiger charge is 2.18. The molecule has 0 fully saturated rings. The number of nitrogens with zero attached hydrogens (tertiary/aromatic N) is 2. The number of ether oxygens (including phenoxy) is 2. The van der Waals surface area contributed by atoms with E-state index in [-0.39, 0.29) is 5.91 Å². The first-order valence-corrected chi connectivity index (χ1v) is 8.58. The summed E-state index contributed by atoms with van der Waals surface area (Å²) >= 11 is 0. The molecule has 0 aliphatic carbocycles. The van der Waals surface area contributed by atoms with Gasteiger partial charge in [0.05, 0.1) is 27.0 Å². The fraction of sp³-hybridized carbons (Fsp3) is 0.300. The summed E-state index contributed by atoms with van der Waals surface area (Å²) < 4.78 is 10.5. The number of amides is 1. The molecule has 1 aliphatic rings. The molecule has 1 aliphatic heterocycles. The van der Waals surface area contributed by atoms with Crippen molar-refractivity contribution in [1.82, 2.24) is 5.43 Å². The van der Waals surface area contributed by atoms with Crippen LogP contribution in [-0.2, 0) is 11.2 Å². The van der Waals surface area contributed by atoms with Crippen LogP contribution in [0, 0.1) is 0 Å². The van der Waals surface area contributed by atoms with E-state index in [1.165, 1.54) is 5.56 Å².